The quantitative estimate of drug-likeness (QED) is 0.846. The van der Waals surface area contributed by atoms with Crippen molar-refractivity contribution in [2.45, 2.75) is 27.2 Å². The van der Waals surface area contributed by atoms with Gasteiger partial charge in [0.1, 0.15) is 10.7 Å². The lowest BCUT2D eigenvalue weighted by Crippen LogP contribution is -2.14. The minimum atomic E-state index is 0.277. The number of thiocarbonyl (C=S) groups is 1. The van der Waals surface area contributed by atoms with Gasteiger partial charge in [-0.3, -0.25) is 0 Å². The average Bonchev–Trinajstić information content (AvgIpc) is 2.40. The Bertz CT molecular complexity index is 652. The fraction of sp³-hybridized carbons (Fsp3) is 0.267. The standard InChI is InChI=1S/C15H18N4S/c1-4-11-7-5-6-9(2)13(11)19-15-17-10(3)8-12(18-15)14(16)20/h5-8H,4H2,1-3H3,(H2,16,20)(H,17,18,19). The lowest BCUT2D eigenvalue weighted by Gasteiger charge is -2.13. The van der Waals surface area contributed by atoms with Gasteiger partial charge in [0.15, 0.2) is 0 Å². The minimum Gasteiger partial charge on any atom is -0.388 e. The number of hydrogen-bond donors (Lipinski definition) is 2. The molecular formula is C15H18N4S. The zero-order chi connectivity index (χ0) is 14.7. The second-order valence-electron chi connectivity index (χ2n) is 4.67. The first-order chi connectivity index (χ1) is 9.51. The van der Waals surface area contributed by atoms with Crippen molar-refractivity contribution >= 4 is 28.8 Å². The molecule has 0 atom stereocenters. The van der Waals surface area contributed by atoms with Gasteiger partial charge in [-0.05, 0) is 37.5 Å². The Hall–Kier alpha value is -2.01. The van der Waals surface area contributed by atoms with Crippen LogP contribution in [0.25, 0.3) is 0 Å². The molecule has 0 unspecified atom stereocenters. The van der Waals surface area contributed by atoms with Gasteiger partial charge in [0.25, 0.3) is 0 Å². The van der Waals surface area contributed by atoms with Gasteiger partial charge in [0.2, 0.25) is 5.95 Å². The van der Waals surface area contributed by atoms with Crippen LogP contribution < -0.4 is 11.1 Å². The number of hydrogen-bond acceptors (Lipinski definition) is 4. The predicted octanol–water partition coefficient (Wildman–Crippen LogP) is 3.03. The predicted molar refractivity (Wildman–Crippen MR) is 86.5 cm³/mol. The Labute approximate surface area is 124 Å². The van der Waals surface area contributed by atoms with Gasteiger partial charge in [0.05, 0.1) is 0 Å². The summed E-state index contributed by atoms with van der Waals surface area (Å²) in [6.45, 7) is 6.08. The van der Waals surface area contributed by atoms with E-state index < -0.39 is 0 Å². The van der Waals surface area contributed by atoms with Gasteiger partial charge in [-0.15, -0.1) is 0 Å². The third-order valence-electron chi connectivity index (χ3n) is 3.08. The van der Waals surface area contributed by atoms with E-state index in [9.17, 15) is 0 Å². The van der Waals surface area contributed by atoms with E-state index in [1.807, 2.05) is 6.92 Å². The summed E-state index contributed by atoms with van der Waals surface area (Å²) in [6, 6.07) is 7.99. The Balaban J connectivity index is 2.42. The molecule has 4 nitrogen and oxygen atoms in total. The van der Waals surface area contributed by atoms with Crippen LogP contribution in [0.2, 0.25) is 0 Å². The van der Waals surface area contributed by atoms with Gasteiger partial charge in [0, 0.05) is 11.4 Å². The Morgan fingerprint density at radius 3 is 2.70 bits per heavy atom. The molecule has 1 heterocycles. The van der Waals surface area contributed by atoms with E-state index in [0.29, 0.717) is 11.6 Å². The van der Waals surface area contributed by atoms with E-state index in [1.54, 1.807) is 6.07 Å². The van der Waals surface area contributed by atoms with Crippen molar-refractivity contribution in [2.24, 2.45) is 5.73 Å². The summed E-state index contributed by atoms with van der Waals surface area (Å²) >= 11 is 4.98. The van der Waals surface area contributed by atoms with Crippen LogP contribution in [0.1, 0.15) is 29.4 Å². The highest BCUT2D eigenvalue weighted by atomic mass is 32.1. The molecule has 0 amide bonds. The van der Waals surface area contributed by atoms with Gasteiger partial charge < -0.3 is 11.1 Å². The molecular weight excluding hydrogens is 268 g/mol. The Morgan fingerprint density at radius 2 is 2.05 bits per heavy atom. The first kappa shape index (κ1) is 14.4. The van der Waals surface area contributed by atoms with Crippen LogP contribution in [0.5, 0.6) is 0 Å². The van der Waals surface area contributed by atoms with Crippen LogP contribution in [0, 0.1) is 13.8 Å². The molecule has 5 heteroatoms. The Kier molecular flexibility index (Phi) is 4.29. The largest absolute Gasteiger partial charge is 0.388 e. The maximum atomic E-state index is 5.64. The maximum Gasteiger partial charge on any atom is 0.228 e. The summed E-state index contributed by atoms with van der Waals surface area (Å²) in [7, 11) is 0. The van der Waals surface area contributed by atoms with Crippen LogP contribution in [-0.2, 0) is 6.42 Å². The topological polar surface area (TPSA) is 63.8 Å². The molecule has 0 saturated carbocycles. The summed E-state index contributed by atoms with van der Waals surface area (Å²) < 4.78 is 0. The average molecular weight is 286 g/mol. The molecule has 2 aromatic rings. The highest BCUT2D eigenvalue weighted by molar-refractivity contribution is 7.80. The molecule has 0 aliphatic carbocycles. The monoisotopic (exact) mass is 286 g/mol. The number of para-hydroxylation sites is 1. The number of aromatic nitrogens is 2. The molecule has 104 valence electrons. The molecule has 1 aromatic carbocycles. The lowest BCUT2D eigenvalue weighted by atomic mass is 10.1. The number of nitrogens with two attached hydrogens (primary N) is 1. The number of nitrogens with zero attached hydrogens (tertiary/aromatic N) is 2. The minimum absolute atomic E-state index is 0.277. The van der Waals surface area contributed by atoms with Crippen molar-refractivity contribution in [3.05, 3.63) is 46.8 Å². The summed E-state index contributed by atoms with van der Waals surface area (Å²) in [6.07, 6.45) is 0.942. The third-order valence-corrected chi connectivity index (χ3v) is 3.29. The molecule has 0 saturated heterocycles. The number of benzene rings is 1. The first-order valence-corrected chi connectivity index (χ1v) is 6.93. The van der Waals surface area contributed by atoms with E-state index >= 15 is 0 Å². The van der Waals surface area contributed by atoms with Crippen molar-refractivity contribution in [3.63, 3.8) is 0 Å². The Morgan fingerprint density at radius 1 is 1.30 bits per heavy atom. The fourth-order valence-corrected chi connectivity index (χ4v) is 2.17. The zero-order valence-corrected chi connectivity index (χ0v) is 12.7. The van der Waals surface area contributed by atoms with Gasteiger partial charge >= 0.3 is 0 Å². The third kappa shape index (κ3) is 3.11. The van der Waals surface area contributed by atoms with E-state index in [0.717, 1.165) is 23.4 Å². The molecule has 0 radical (unpaired) electrons. The van der Waals surface area contributed by atoms with Crippen molar-refractivity contribution in [1.29, 1.82) is 0 Å². The second kappa shape index (κ2) is 5.96. The van der Waals surface area contributed by atoms with Crippen molar-refractivity contribution in [1.82, 2.24) is 9.97 Å². The first-order valence-electron chi connectivity index (χ1n) is 6.52. The smallest absolute Gasteiger partial charge is 0.228 e. The van der Waals surface area contributed by atoms with Crippen LogP contribution >= 0.6 is 12.2 Å². The van der Waals surface area contributed by atoms with Crippen LogP contribution in [0.4, 0.5) is 11.6 Å². The van der Waals surface area contributed by atoms with Crippen LogP contribution in [0.3, 0.4) is 0 Å². The second-order valence-corrected chi connectivity index (χ2v) is 5.11. The molecule has 0 bridgehead atoms. The number of aryl methyl sites for hydroxylation is 3. The number of rotatable bonds is 4. The molecule has 0 fully saturated rings. The highest BCUT2D eigenvalue weighted by Crippen LogP contribution is 2.24. The molecule has 0 aliphatic rings. The van der Waals surface area contributed by atoms with E-state index in [2.05, 4.69) is 47.3 Å². The maximum absolute atomic E-state index is 5.64. The van der Waals surface area contributed by atoms with E-state index in [1.165, 1.54) is 5.56 Å². The van der Waals surface area contributed by atoms with E-state index in [4.69, 9.17) is 18.0 Å². The highest BCUT2D eigenvalue weighted by Gasteiger charge is 2.08. The van der Waals surface area contributed by atoms with Crippen molar-refractivity contribution in [3.8, 4) is 0 Å². The molecule has 0 spiro atoms. The molecule has 1 aromatic heterocycles. The normalized spacial score (nSPS) is 10.3. The molecule has 3 N–H and O–H groups in total. The molecule has 20 heavy (non-hydrogen) atoms. The summed E-state index contributed by atoms with van der Waals surface area (Å²) in [5, 5.41) is 3.29. The molecule has 0 aliphatic heterocycles. The fourth-order valence-electron chi connectivity index (χ4n) is 2.06. The van der Waals surface area contributed by atoms with Gasteiger partial charge in [-0.2, -0.15) is 0 Å². The van der Waals surface area contributed by atoms with Crippen LogP contribution in [-0.4, -0.2) is 15.0 Å². The van der Waals surface area contributed by atoms with Gasteiger partial charge in [-0.25, -0.2) is 9.97 Å². The van der Waals surface area contributed by atoms with Crippen LogP contribution in [0.15, 0.2) is 24.3 Å². The number of nitrogens with one attached hydrogen (secondary N) is 1. The number of anilines is 2. The summed E-state index contributed by atoms with van der Waals surface area (Å²) in [4.78, 5) is 9.02. The molecule has 2 rings (SSSR count). The van der Waals surface area contributed by atoms with E-state index in [-0.39, 0.29) is 4.99 Å². The zero-order valence-electron chi connectivity index (χ0n) is 11.9. The summed E-state index contributed by atoms with van der Waals surface area (Å²) in [5.41, 5.74) is 10.5. The van der Waals surface area contributed by atoms with Crippen molar-refractivity contribution in [2.75, 3.05) is 5.32 Å². The SMILES string of the molecule is CCc1cccc(C)c1Nc1nc(C)cc(C(N)=S)n1. The summed E-state index contributed by atoms with van der Waals surface area (Å²) in [5.74, 6) is 0.525. The van der Waals surface area contributed by atoms with Crippen molar-refractivity contribution < 1.29 is 0 Å². The lowest BCUT2D eigenvalue weighted by molar-refractivity contribution is 1.08. The van der Waals surface area contributed by atoms with Gasteiger partial charge in [-0.1, -0.05) is 37.3 Å².